The molecule has 0 atom stereocenters. The summed E-state index contributed by atoms with van der Waals surface area (Å²) in [6.45, 7) is 4.05. The number of nitrogens with one attached hydrogen (secondary N) is 1. The molecule has 6 nitrogen and oxygen atoms in total. The van der Waals surface area contributed by atoms with Gasteiger partial charge in [0.2, 0.25) is 0 Å². The van der Waals surface area contributed by atoms with Crippen molar-refractivity contribution in [1.82, 2.24) is 5.32 Å². The number of ether oxygens (including phenoxy) is 3. The number of nitrogens with zero attached hydrogens (tertiary/aromatic N) is 1. The van der Waals surface area contributed by atoms with Crippen LogP contribution in [0.4, 0.5) is 4.79 Å². The molecule has 0 radical (unpaired) electrons. The van der Waals surface area contributed by atoms with Crippen LogP contribution in [0.15, 0.2) is 0 Å². The topological polar surface area (TPSA) is 56.8 Å². The quantitative estimate of drug-likeness (QED) is 0.348. The molecule has 1 amide bonds. The first-order valence-corrected chi connectivity index (χ1v) is 6.24. The van der Waals surface area contributed by atoms with Gasteiger partial charge in [0, 0.05) is 13.7 Å². The van der Waals surface area contributed by atoms with Gasteiger partial charge in [-0.25, -0.2) is 4.79 Å². The molecule has 0 aliphatic heterocycles. The first-order valence-electron chi connectivity index (χ1n) is 6.24. The number of methoxy groups -OCH3 is 1. The Morgan fingerprint density at radius 3 is 2.58 bits per heavy atom. The Morgan fingerprint density at radius 1 is 1.26 bits per heavy atom. The van der Waals surface area contributed by atoms with E-state index in [1.807, 2.05) is 0 Å². The summed E-state index contributed by atoms with van der Waals surface area (Å²) in [5, 5.41) is 2.54. The van der Waals surface area contributed by atoms with Crippen LogP contribution in [-0.4, -0.2) is 77.8 Å². The van der Waals surface area contributed by atoms with Crippen LogP contribution in [0.3, 0.4) is 0 Å². The highest BCUT2D eigenvalue weighted by molar-refractivity contribution is 5.67. The lowest BCUT2D eigenvalue weighted by molar-refractivity contribution is -0.891. The minimum atomic E-state index is -0.516. The van der Waals surface area contributed by atoms with Crippen molar-refractivity contribution in [2.75, 3.05) is 67.3 Å². The minimum absolute atomic E-state index is 0.0160. The van der Waals surface area contributed by atoms with Crippen molar-refractivity contribution >= 4 is 6.09 Å². The standard InChI is InChI=1S/C13H24N2O4/c1-5-9-19-13(16)14-6-10-18-12-8-15(2,3)7-11-17-4/h1H,6-12H2,2-4H3/p+1. The van der Waals surface area contributed by atoms with Gasteiger partial charge < -0.3 is 24.0 Å². The van der Waals surface area contributed by atoms with Crippen LogP contribution in [0.5, 0.6) is 0 Å². The zero-order valence-corrected chi connectivity index (χ0v) is 12.1. The summed E-state index contributed by atoms with van der Waals surface area (Å²) in [5.41, 5.74) is 0. The average molecular weight is 273 g/mol. The lowest BCUT2D eigenvalue weighted by atomic mass is 10.4. The van der Waals surface area contributed by atoms with Crippen molar-refractivity contribution < 1.29 is 23.5 Å². The number of rotatable bonds is 10. The SMILES string of the molecule is C#CCOC(=O)NCCOCC[N+](C)(C)CCOC. The van der Waals surface area contributed by atoms with E-state index in [9.17, 15) is 4.79 Å². The third kappa shape index (κ3) is 11.5. The van der Waals surface area contributed by atoms with E-state index in [1.54, 1.807) is 7.11 Å². The fourth-order valence-corrected chi connectivity index (χ4v) is 1.25. The molecule has 0 spiro atoms. The lowest BCUT2D eigenvalue weighted by Gasteiger charge is -2.29. The molecule has 0 aromatic rings. The Morgan fingerprint density at radius 2 is 1.95 bits per heavy atom. The lowest BCUT2D eigenvalue weighted by Crippen LogP contribution is -2.44. The number of carbonyl (C=O) groups is 1. The van der Waals surface area contributed by atoms with E-state index < -0.39 is 6.09 Å². The van der Waals surface area contributed by atoms with Gasteiger partial charge in [0.1, 0.15) is 13.1 Å². The Kier molecular flexibility index (Phi) is 9.90. The van der Waals surface area contributed by atoms with Gasteiger partial charge in [-0.15, -0.1) is 6.42 Å². The normalized spacial score (nSPS) is 10.8. The summed E-state index contributed by atoms with van der Waals surface area (Å²) in [4.78, 5) is 11.0. The van der Waals surface area contributed by atoms with Gasteiger partial charge in [0.25, 0.3) is 0 Å². The Hall–Kier alpha value is -1.29. The summed E-state index contributed by atoms with van der Waals surface area (Å²) < 4.78 is 16.0. The number of quaternary nitrogens is 1. The molecule has 6 heteroatoms. The molecule has 0 bridgehead atoms. The van der Waals surface area contributed by atoms with Gasteiger partial charge in [-0.1, -0.05) is 5.92 Å². The molecule has 0 aromatic heterocycles. The zero-order valence-electron chi connectivity index (χ0n) is 12.1. The molecule has 110 valence electrons. The van der Waals surface area contributed by atoms with Crippen LogP contribution >= 0.6 is 0 Å². The highest BCUT2D eigenvalue weighted by Crippen LogP contribution is 1.96. The highest BCUT2D eigenvalue weighted by atomic mass is 16.5. The van der Waals surface area contributed by atoms with Crippen molar-refractivity contribution in [3.05, 3.63) is 0 Å². The molecule has 0 fully saturated rings. The van der Waals surface area contributed by atoms with E-state index in [0.717, 1.165) is 24.2 Å². The monoisotopic (exact) mass is 273 g/mol. The molecule has 0 aliphatic rings. The van der Waals surface area contributed by atoms with Crippen LogP contribution < -0.4 is 5.32 Å². The van der Waals surface area contributed by atoms with E-state index in [4.69, 9.17) is 15.9 Å². The van der Waals surface area contributed by atoms with Crippen molar-refractivity contribution in [3.8, 4) is 12.3 Å². The summed E-state index contributed by atoms with van der Waals surface area (Å²) in [6, 6.07) is 0. The van der Waals surface area contributed by atoms with E-state index in [0.29, 0.717) is 19.8 Å². The maximum Gasteiger partial charge on any atom is 0.408 e. The number of hydrogen-bond donors (Lipinski definition) is 1. The summed E-state index contributed by atoms with van der Waals surface area (Å²) >= 11 is 0. The van der Waals surface area contributed by atoms with Crippen molar-refractivity contribution in [2.45, 2.75) is 0 Å². The maximum atomic E-state index is 11.0. The van der Waals surface area contributed by atoms with Gasteiger partial charge in [0.15, 0.2) is 6.61 Å². The third-order valence-electron chi connectivity index (χ3n) is 2.54. The Balaban J connectivity index is 3.45. The average Bonchev–Trinajstić information content (AvgIpc) is 2.38. The molecule has 0 saturated carbocycles. The minimum Gasteiger partial charge on any atom is -0.436 e. The predicted octanol–water partition coefficient (Wildman–Crippen LogP) is 0.0852. The number of terminal acetylenes is 1. The number of alkyl carbamates (subject to hydrolysis) is 1. The second-order valence-corrected chi connectivity index (χ2v) is 4.70. The molecule has 19 heavy (non-hydrogen) atoms. The molecule has 0 saturated heterocycles. The Bertz CT molecular complexity index is 287. The number of hydrogen-bond acceptors (Lipinski definition) is 4. The van der Waals surface area contributed by atoms with Gasteiger partial charge in [-0.2, -0.15) is 0 Å². The second kappa shape index (κ2) is 10.6. The molecule has 0 unspecified atom stereocenters. The van der Waals surface area contributed by atoms with E-state index in [1.165, 1.54) is 0 Å². The number of carbonyl (C=O) groups excluding carboxylic acids is 1. The molecule has 0 aromatic carbocycles. The van der Waals surface area contributed by atoms with Gasteiger partial charge >= 0.3 is 6.09 Å². The van der Waals surface area contributed by atoms with Crippen LogP contribution in [0.1, 0.15) is 0 Å². The number of likely N-dealkylation sites (N-methyl/N-ethyl adjacent to an activating group) is 1. The summed E-state index contributed by atoms with van der Waals surface area (Å²) in [6.07, 6.45) is 4.44. The highest BCUT2D eigenvalue weighted by Gasteiger charge is 2.13. The molecular weight excluding hydrogens is 248 g/mol. The fraction of sp³-hybridized carbons (Fsp3) is 0.769. The fourth-order valence-electron chi connectivity index (χ4n) is 1.25. The summed E-state index contributed by atoms with van der Waals surface area (Å²) in [5.74, 6) is 2.22. The Labute approximate surface area is 115 Å². The smallest absolute Gasteiger partial charge is 0.408 e. The molecule has 0 heterocycles. The first kappa shape index (κ1) is 17.7. The van der Waals surface area contributed by atoms with Crippen LogP contribution in [0.2, 0.25) is 0 Å². The molecule has 0 rings (SSSR count). The van der Waals surface area contributed by atoms with Gasteiger partial charge in [-0.3, -0.25) is 0 Å². The van der Waals surface area contributed by atoms with E-state index in [-0.39, 0.29) is 6.61 Å². The first-order chi connectivity index (χ1) is 9.02. The van der Waals surface area contributed by atoms with Gasteiger partial charge in [-0.05, 0) is 0 Å². The van der Waals surface area contributed by atoms with E-state index in [2.05, 4.69) is 30.1 Å². The molecule has 0 aliphatic carbocycles. The van der Waals surface area contributed by atoms with E-state index >= 15 is 0 Å². The van der Waals surface area contributed by atoms with Crippen molar-refractivity contribution in [2.24, 2.45) is 0 Å². The largest absolute Gasteiger partial charge is 0.436 e. The van der Waals surface area contributed by atoms with Gasteiger partial charge in [0.05, 0.1) is 33.9 Å². The summed E-state index contributed by atoms with van der Waals surface area (Å²) in [7, 11) is 5.94. The maximum absolute atomic E-state index is 11.0. The third-order valence-corrected chi connectivity index (χ3v) is 2.54. The number of amides is 1. The predicted molar refractivity (Wildman–Crippen MR) is 72.7 cm³/mol. The zero-order chi connectivity index (χ0) is 14.6. The molecule has 1 N–H and O–H groups in total. The van der Waals surface area contributed by atoms with Crippen molar-refractivity contribution in [3.63, 3.8) is 0 Å². The van der Waals surface area contributed by atoms with Crippen LogP contribution in [-0.2, 0) is 14.2 Å². The van der Waals surface area contributed by atoms with Crippen LogP contribution in [0.25, 0.3) is 0 Å². The molecular formula is C13H25N2O4+. The van der Waals surface area contributed by atoms with Crippen LogP contribution in [0, 0.1) is 12.3 Å². The van der Waals surface area contributed by atoms with Crippen molar-refractivity contribution in [1.29, 1.82) is 0 Å². The second-order valence-electron chi connectivity index (χ2n) is 4.70.